The van der Waals surface area contributed by atoms with Gasteiger partial charge in [0.25, 0.3) is 5.91 Å². The molecule has 3 N–H and O–H groups in total. The Morgan fingerprint density at radius 3 is 3.21 bits per heavy atom. The number of benzene rings is 1. The number of aryl methyl sites for hydroxylation is 1. The summed E-state index contributed by atoms with van der Waals surface area (Å²) in [7, 11) is 0. The highest BCUT2D eigenvalue weighted by molar-refractivity contribution is 5.96. The molecule has 1 fully saturated rings. The third kappa shape index (κ3) is 2.20. The number of nitrogens with one attached hydrogen (secondary N) is 1. The van der Waals surface area contributed by atoms with Crippen LogP contribution < -0.4 is 10.6 Å². The van der Waals surface area contributed by atoms with Crippen molar-refractivity contribution in [1.29, 1.82) is 0 Å². The van der Waals surface area contributed by atoms with Crippen molar-refractivity contribution < 1.29 is 9.53 Å². The predicted molar refractivity (Wildman–Crippen MR) is 72.0 cm³/mol. The molecule has 0 spiro atoms. The van der Waals surface area contributed by atoms with Crippen molar-refractivity contribution in [3.8, 4) is 0 Å². The fourth-order valence-corrected chi connectivity index (χ4v) is 2.31. The first-order valence-electron chi connectivity index (χ1n) is 6.26. The van der Waals surface area contributed by atoms with E-state index in [1.54, 1.807) is 4.90 Å². The Morgan fingerprint density at radius 2 is 2.42 bits per heavy atom. The minimum absolute atomic E-state index is 0.0414. The molecule has 2 heterocycles. The number of H-pyrrole nitrogens is 1. The summed E-state index contributed by atoms with van der Waals surface area (Å²) in [6, 6.07) is 5.75. The van der Waals surface area contributed by atoms with Crippen molar-refractivity contribution >= 4 is 22.6 Å². The lowest BCUT2D eigenvalue weighted by molar-refractivity contribution is -0.128. The molecule has 0 bridgehead atoms. The molecule has 0 aliphatic carbocycles. The van der Waals surface area contributed by atoms with E-state index in [4.69, 9.17) is 10.5 Å². The van der Waals surface area contributed by atoms with Gasteiger partial charge in [-0.25, -0.2) is 4.98 Å². The number of carbonyl (C=O) groups is 1. The number of fused-ring (bicyclic) bond motifs is 1. The SMILES string of the molecule is Cc1nc2ccc(N3CC(CN)OCC3=O)cc2[nH]1. The Kier molecular flexibility index (Phi) is 2.96. The average molecular weight is 260 g/mol. The summed E-state index contributed by atoms with van der Waals surface area (Å²) < 4.78 is 5.35. The van der Waals surface area contributed by atoms with Gasteiger partial charge in [0, 0.05) is 12.2 Å². The molecule has 1 aliphatic heterocycles. The number of hydrogen-bond donors (Lipinski definition) is 2. The largest absolute Gasteiger partial charge is 0.365 e. The van der Waals surface area contributed by atoms with Crippen LogP contribution >= 0.6 is 0 Å². The van der Waals surface area contributed by atoms with E-state index < -0.39 is 0 Å². The van der Waals surface area contributed by atoms with Crippen LogP contribution in [0.4, 0.5) is 5.69 Å². The Morgan fingerprint density at radius 1 is 1.58 bits per heavy atom. The van der Waals surface area contributed by atoms with E-state index in [1.807, 2.05) is 25.1 Å². The third-order valence-electron chi connectivity index (χ3n) is 3.29. The van der Waals surface area contributed by atoms with Gasteiger partial charge >= 0.3 is 0 Å². The van der Waals surface area contributed by atoms with E-state index >= 15 is 0 Å². The Bertz CT molecular complexity index is 622. The van der Waals surface area contributed by atoms with Gasteiger partial charge in [-0.2, -0.15) is 0 Å². The second-order valence-electron chi connectivity index (χ2n) is 4.70. The number of ether oxygens (including phenoxy) is 1. The van der Waals surface area contributed by atoms with E-state index in [-0.39, 0.29) is 18.6 Å². The van der Waals surface area contributed by atoms with Gasteiger partial charge in [-0.1, -0.05) is 0 Å². The standard InChI is InChI=1S/C13H16N4O2/c1-8-15-11-3-2-9(4-12(11)16-8)17-6-10(5-14)19-7-13(17)18/h2-4,10H,5-7,14H2,1H3,(H,15,16). The Balaban J connectivity index is 1.95. The number of nitrogens with two attached hydrogens (primary N) is 1. The highest BCUT2D eigenvalue weighted by Gasteiger charge is 2.26. The number of imidazole rings is 1. The maximum absolute atomic E-state index is 11.9. The first kappa shape index (κ1) is 12.1. The molecular weight excluding hydrogens is 244 g/mol. The Labute approximate surface area is 110 Å². The van der Waals surface area contributed by atoms with Gasteiger partial charge in [0.1, 0.15) is 12.4 Å². The summed E-state index contributed by atoms with van der Waals surface area (Å²) >= 11 is 0. The fraction of sp³-hybridized carbons (Fsp3) is 0.385. The molecule has 1 amide bonds. The van der Waals surface area contributed by atoms with E-state index in [0.29, 0.717) is 13.1 Å². The van der Waals surface area contributed by atoms with Crippen molar-refractivity contribution in [2.24, 2.45) is 5.73 Å². The number of carbonyl (C=O) groups excluding carboxylic acids is 1. The van der Waals surface area contributed by atoms with Crippen LogP contribution in [0.2, 0.25) is 0 Å². The summed E-state index contributed by atoms with van der Waals surface area (Å²) in [5.41, 5.74) is 8.28. The first-order valence-corrected chi connectivity index (χ1v) is 6.26. The molecule has 6 nitrogen and oxygen atoms in total. The maximum atomic E-state index is 11.9. The molecule has 19 heavy (non-hydrogen) atoms. The highest BCUT2D eigenvalue weighted by atomic mass is 16.5. The van der Waals surface area contributed by atoms with Gasteiger partial charge in [-0.3, -0.25) is 4.79 Å². The lowest BCUT2D eigenvalue weighted by atomic mass is 10.2. The minimum atomic E-state index is -0.100. The molecule has 6 heteroatoms. The van der Waals surface area contributed by atoms with Crippen LogP contribution in [0.1, 0.15) is 5.82 Å². The summed E-state index contributed by atoms with van der Waals surface area (Å²) in [5.74, 6) is 0.820. The number of aromatic amines is 1. The number of morpholine rings is 1. The van der Waals surface area contributed by atoms with E-state index in [0.717, 1.165) is 22.5 Å². The zero-order chi connectivity index (χ0) is 13.4. The average Bonchev–Trinajstić information content (AvgIpc) is 2.78. The lowest BCUT2D eigenvalue weighted by Gasteiger charge is -2.32. The minimum Gasteiger partial charge on any atom is -0.365 e. The van der Waals surface area contributed by atoms with Crippen molar-refractivity contribution in [3.05, 3.63) is 24.0 Å². The summed E-state index contributed by atoms with van der Waals surface area (Å²) in [4.78, 5) is 21.2. The van der Waals surface area contributed by atoms with Gasteiger partial charge in [0.15, 0.2) is 0 Å². The molecule has 3 rings (SSSR count). The molecule has 1 atom stereocenters. The van der Waals surface area contributed by atoms with Crippen molar-refractivity contribution in [1.82, 2.24) is 9.97 Å². The van der Waals surface area contributed by atoms with Gasteiger partial charge in [0.2, 0.25) is 0 Å². The van der Waals surface area contributed by atoms with Crippen molar-refractivity contribution in [2.75, 3.05) is 24.6 Å². The van der Waals surface area contributed by atoms with Gasteiger partial charge in [-0.05, 0) is 25.1 Å². The first-order chi connectivity index (χ1) is 9.17. The van der Waals surface area contributed by atoms with Crippen LogP contribution in [0, 0.1) is 6.92 Å². The van der Waals surface area contributed by atoms with E-state index in [9.17, 15) is 4.79 Å². The molecule has 0 saturated carbocycles. The van der Waals surface area contributed by atoms with Gasteiger partial charge in [-0.15, -0.1) is 0 Å². The van der Waals surface area contributed by atoms with Crippen LogP contribution in [-0.4, -0.2) is 41.7 Å². The smallest absolute Gasteiger partial charge is 0.253 e. The second kappa shape index (κ2) is 4.64. The molecular formula is C13H16N4O2. The van der Waals surface area contributed by atoms with Gasteiger partial charge in [0.05, 0.1) is 23.7 Å². The van der Waals surface area contributed by atoms with E-state index in [1.165, 1.54) is 0 Å². The van der Waals surface area contributed by atoms with Crippen molar-refractivity contribution in [3.63, 3.8) is 0 Å². The number of hydrogen-bond acceptors (Lipinski definition) is 4. The van der Waals surface area contributed by atoms with Crippen LogP contribution in [-0.2, 0) is 9.53 Å². The molecule has 1 aliphatic rings. The molecule has 1 aromatic heterocycles. The quantitative estimate of drug-likeness (QED) is 0.826. The third-order valence-corrected chi connectivity index (χ3v) is 3.29. The topological polar surface area (TPSA) is 84.2 Å². The number of amides is 1. The van der Waals surface area contributed by atoms with Crippen molar-refractivity contribution in [2.45, 2.75) is 13.0 Å². The van der Waals surface area contributed by atoms with Crippen LogP contribution in [0.5, 0.6) is 0 Å². The van der Waals surface area contributed by atoms with Gasteiger partial charge < -0.3 is 20.4 Å². The van der Waals surface area contributed by atoms with E-state index in [2.05, 4.69) is 9.97 Å². The molecule has 100 valence electrons. The lowest BCUT2D eigenvalue weighted by Crippen LogP contribution is -2.49. The fourth-order valence-electron chi connectivity index (χ4n) is 2.31. The zero-order valence-corrected chi connectivity index (χ0v) is 10.7. The van der Waals surface area contributed by atoms with Crippen LogP contribution in [0.3, 0.4) is 0 Å². The number of anilines is 1. The monoisotopic (exact) mass is 260 g/mol. The molecule has 1 aromatic carbocycles. The molecule has 0 radical (unpaired) electrons. The number of nitrogens with zero attached hydrogens (tertiary/aromatic N) is 2. The van der Waals surface area contributed by atoms with Crippen LogP contribution in [0.25, 0.3) is 11.0 Å². The molecule has 2 aromatic rings. The summed E-state index contributed by atoms with van der Waals surface area (Å²) in [6.07, 6.45) is -0.100. The zero-order valence-electron chi connectivity index (χ0n) is 10.7. The summed E-state index contributed by atoms with van der Waals surface area (Å²) in [6.45, 7) is 2.90. The number of rotatable bonds is 2. The number of aromatic nitrogens is 2. The maximum Gasteiger partial charge on any atom is 0.253 e. The predicted octanol–water partition coefficient (Wildman–Crippen LogP) is 0.562. The molecule has 1 saturated heterocycles. The normalized spacial score (nSPS) is 20.2. The Hall–Kier alpha value is -1.92. The summed E-state index contributed by atoms with van der Waals surface area (Å²) in [5, 5.41) is 0. The molecule has 1 unspecified atom stereocenters. The van der Waals surface area contributed by atoms with Crippen LogP contribution in [0.15, 0.2) is 18.2 Å². The highest BCUT2D eigenvalue weighted by Crippen LogP contribution is 2.23. The second-order valence-corrected chi connectivity index (χ2v) is 4.70.